The van der Waals surface area contributed by atoms with Gasteiger partial charge in [-0.25, -0.2) is 9.97 Å². The topological polar surface area (TPSA) is 128 Å². The van der Waals surface area contributed by atoms with Gasteiger partial charge in [-0.3, -0.25) is 14.7 Å². The SMILES string of the molecule is COc1c(Nc2cc(C)[nH]n2)nc(Sc2ccc(NC(C)=O)cc2)nc1N1CCC(CC(=O)N2CCCCC2)CC1. The molecule has 2 saturated heterocycles. The fraction of sp³-hybridized carbons (Fsp3) is 0.483. The zero-order valence-corrected chi connectivity index (χ0v) is 24.7. The van der Waals surface area contributed by atoms with Crippen molar-refractivity contribution in [1.29, 1.82) is 0 Å². The van der Waals surface area contributed by atoms with Crippen LogP contribution in [-0.2, 0) is 9.59 Å². The Bertz CT molecular complexity index is 1350. The molecule has 2 aliphatic rings. The van der Waals surface area contributed by atoms with Crippen LogP contribution in [0.25, 0.3) is 0 Å². The van der Waals surface area contributed by atoms with Gasteiger partial charge in [0.2, 0.25) is 17.6 Å². The molecule has 0 aliphatic carbocycles. The molecule has 0 unspecified atom stereocenters. The Kier molecular flexibility index (Phi) is 9.28. The Morgan fingerprint density at radius 3 is 2.44 bits per heavy atom. The summed E-state index contributed by atoms with van der Waals surface area (Å²) < 4.78 is 5.86. The molecule has 11 nitrogen and oxygen atoms in total. The highest BCUT2D eigenvalue weighted by atomic mass is 32.2. The predicted octanol–water partition coefficient (Wildman–Crippen LogP) is 4.99. The monoisotopic (exact) mass is 578 g/mol. The lowest BCUT2D eigenvalue weighted by molar-refractivity contribution is -0.133. The molecule has 1 aromatic carbocycles. The number of aromatic amines is 1. The van der Waals surface area contributed by atoms with Gasteiger partial charge >= 0.3 is 0 Å². The van der Waals surface area contributed by atoms with E-state index in [1.165, 1.54) is 25.1 Å². The summed E-state index contributed by atoms with van der Waals surface area (Å²) >= 11 is 1.43. The van der Waals surface area contributed by atoms with Crippen LogP contribution in [0.5, 0.6) is 5.75 Å². The maximum atomic E-state index is 12.9. The summed E-state index contributed by atoms with van der Waals surface area (Å²) in [5.41, 5.74) is 1.66. The summed E-state index contributed by atoms with van der Waals surface area (Å²) in [4.78, 5) is 39.2. The second-order valence-electron chi connectivity index (χ2n) is 10.7. The number of ether oxygens (including phenoxy) is 1. The molecule has 0 saturated carbocycles. The number of carbonyl (C=O) groups is 2. The highest BCUT2D eigenvalue weighted by Gasteiger charge is 2.28. The van der Waals surface area contributed by atoms with E-state index in [4.69, 9.17) is 14.7 Å². The van der Waals surface area contributed by atoms with E-state index in [0.717, 1.165) is 74.0 Å². The molecule has 3 N–H and O–H groups in total. The van der Waals surface area contributed by atoms with Gasteiger partial charge in [-0.05, 0) is 81.0 Å². The number of H-pyrrole nitrogens is 1. The molecule has 3 aromatic rings. The number of likely N-dealkylation sites (tertiary alicyclic amines) is 1. The summed E-state index contributed by atoms with van der Waals surface area (Å²) in [7, 11) is 1.63. The molecule has 2 fully saturated rings. The maximum Gasteiger partial charge on any atom is 0.222 e. The van der Waals surface area contributed by atoms with Crippen LogP contribution >= 0.6 is 11.8 Å². The zero-order chi connectivity index (χ0) is 28.8. The Balaban J connectivity index is 1.35. The number of hydrogen-bond donors (Lipinski definition) is 3. The molecule has 0 atom stereocenters. The van der Waals surface area contributed by atoms with Crippen molar-refractivity contribution in [1.82, 2.24) is 25.1 Å². The number of amides is 2. The number of anilines is 4. The quantitative estimate of drug-likeness (QED) is 0.301. The van der Waals surface area contributed by atoms with Crippen molar-refractivity contribution in [3.05, 3.63) is 36.0 Å². The third kappa shape index (κ3) is 7.49. The summed E-state index contributed by atoms with van der Waals surface area (Å²) in [5.74, 6) is 2.99. The molecule has 41 heavy (non-hydrogen) atoms. The Hall–Kier alpha value is -3.80. The Labute approximate surface area is 244 Å². The molecule has 0 bridgehead atoms. The minimum absolute atomic E-state index is 0.113. The lowest BCUT2D eigenvalue weighted by atomic mass is 9.92. The summed E-state index contributed by atoms with van der Waals surface area (Å²) in [6, 6.07) is 9.47. The Morgan fingerprint density at radius 1 is 1.07 bits per heavy atom. The minimum atomic E-state index is -0.113. The van der Waals surface area contributed by atoms with Crippen LogP contribution < -0.4 is 20.3 Å². The first kappa shape index (κ1) is 28.7. The highest BCUT2D eigenvalue weighted by Crippen LogP contribution is 2.39. The van der Waals surface area contributed by atoms with Gasteiger partial charge in [0.15, 0.2) is 22.6 Å². The predicted molar refractivity (Wildman–Crippen MR) is 160 cm³/mol. The molecule has 12 heteroatoms. The van der Waals surface area contributed by atoms with E-state index >= 15 is 0 Å². The number of aromatic nitrogens is 4. The van der Waals surface area contributed by atoms with Crippen LogP contribution in [0.15, 0.2) is 40.4 Å². The molecule has 0 radical (unpaired) electrons. The molecule has 5 rings (SSSR count). The van der Waals surface area contributed by atoms with Gasteiger partial charge < -0.3 is 25.2 Å². The van der Waals surface area contributed by atoms with Crippen molar-refractivity contribution < 1.29 is 14.3 Å². The number of methoxy groups -OCH3 is 1. The smallest absolute Gasteiger partial charge is 0.222 e. The lowest BCUT2D eigenvalue weighted by Crippen LogP contribution is -2.39. The van der Waals surface area contributed by atoms with Crippen molar-refractivity contribution in [3.63, 3.8) is 0 Å². The van der Waals surface area contributed by atoms with Gasteiger partial charge in [-0.15, -0.1) is 0 Å². The van der Waals surface area contributed by atoms with Crippen LogP contribution in [0.3, 0.4) is 0 Å². The third-order valence-corrected chi connectivity index (χ3v) is 8.33. The van der Waals surface area contributed by atoms with Crippen molar-refractivity contribution in [3.8, 4) is 5.75 Å². The summed E-state index contributed by atoms with van der Waals surface area (Å²) in [6.07, 6.45) is 5.91. The van der Waals surface area contributed by atoms with E-state index in [1.807, 2.05) is 42.2 Å². The molecule has 218 valence electrons. The molecule has 2 amide bonds. The van der Waals surface area contributed by atoms with Gasteiger partial charge in [-0.1, -0.05) is 0 Å². The molecule has 2 aromatic heterocycles. The largest absolute Gasteiger partial charge is 0.490 e. The van der Waals surface area contributed by atoms with Gasteiger partial charge in [0, 0.05) is 61.9 Å². The van der Waals surface area contributed by atoms with E-state index < -0.39 is 0 Å². The van der Waals surface area contributed by atoms with Crippen molar-refractivity contribution in [2.75, 3.05) is 48.8 Å². The number of aryl methyl sites for hydroxylation is 1. The summed E-state index contributed by atoms with van der Waals surface area (Å²) in [5, 5.41) is 13.9. The molecule has 0 spiro atoms. The van der Waals surface area contributed by atoms with E-state index in [-0.39, 0.29) is 5.91 Å². The van der Waals surface area contributed by atoms with Crippen LogP contribution in [0, 0.1) is 12.8 Å². The summed E-state index contributed by atoms with van der Waals surface area (Å²) in [6.45, 7) is 6.78. The number of rotatable bonds is 9. The first-order valence-electron chi connectivity index (χ1n) is 14.2. The number of nitrogens with zero attached hydrogens (tertiary/aromatic N) is 5. The van der Waals surface area contributed by atoms with Crippen molar-refractivity contribution >= 4 is 46.7 Å². The molecule has 2 aliphatic heterocycles. The molecule has 4 heterocycles. The van der Waals surface area contributed by atoms with Gasteiger partial charge in [0.05, 0.1) is 7.11 Å². The molecular weight excluding hydrogens is 540 g/mol. The number of nitrogens with one attached hydrogen (secondary N) is 3. The van der Waals surface area contributed by atoms with Gasteiger partial charge in [0.25, 0.3) is 0 Å². The van der Waals surface area contributed by atoms with E-state index in [9.17, 15) is 9.59 Å². The Morgan fingerprint density at radius 2 is 1.80 bits per heavy atom. The first-order valence-corrected chi connectivity index (χ1v) is 15.0. The zero-order valence-electron chi connectivity index (χ0n) is 23.9. The maximum absolute atomic E-state index is 12.9. The second kappa shape index (κ2) is 13.2. The van der Waals surface area contributed by atoms with Crippen molar-refractivity contribution in [2.24, 2.45) is 5.92 Å². The highest BCUT2D eigenvalue weighted by molar-refractivity contribution is 7.99. The number of benzene rings is 1. The lowest BCUT2D eigenvalue weighted by Gasteiger charge is -2.35. The van der Waals surface area contributed by atoms with E-state index in [2.05, 4.69) is 25.7 Å². The van der Waals surface area contributed by atoms with Crippen LogP contribution in [0.4, 0.5) is 23.1 Å². The first-order chi connectivity index (χ1) is 19.9. The normalized spacial score (nSPS) is 16.0. The third-order valence-electron chi connectivity index (χ3n) is 7.45. The van der Waals surface area contributed by atoms with E-state index in [0.29, 0.717) is 40.8 Å². The second-order valence-corrected chi connectivity index (χ2v) is 11.7. The van der Waals surface area contributed by atoms with Crippen LogP contribution in [0.2, 0.25) is 0 Å². The fourth-order valence-corrected chi connectivity index (χ4v) is 6.09. The number of hydrogen-bond acceptors (Lipinski definition) is 9. The fourth-order valence-electron chi connectivity index (χ4n) is 5.34. The number of piperidine rings is 2. The minimum Gasteiger partial charge on any atom is -0.490 e. The van der Waals surface area contributed by atoms with Crippen LogP contribution in [-0.4, -0.2) is 70.2 Å². The van der Waals surface area contributed by atoms with Crippen LogP contribution in [0.1, 0.15) is 51.1 Å². The standard InChI is InChI=1S/C29H38N8O3S/c1-19-17-24(35-34-19)31-27-26(40-3)28(33-29(32-27)41-23-9-7-22(8-10-23)30-20(2)38)37-15-11-21(12-16-37)18-25(39)36-13-5-4-6-14-36/h7-10,17,21H,4-6,11-16,18H2,1-3H3,(H,30,38)(H2,31,32,33,34,35). The average Bonchev–Trinajstić information content (AvgIpc) is 3.38. The number of carbonyl (C=O) groups excluding carboxylic acids is 2. The van der Waals surface area contributed by atoms with Crippen molar-refractivity contribution in [2.45, 2.75) is 62.4 Å². The van der Waals surface area contributed by atoms with Gasteiger partial charge in [0.1, 0.15) is 0 Å². The van der Waals surface area contributed by atoms with E-state index in [1.54, 1.807) is 7.11 Å². The molecular formula is C29H38N8O3S. The van der Waals surface area contributed by atoms with Gasteiger partial charge in [-0.2, -0.15) is 5.10 Å². The average molecular weight is 579 g/mol.